The number of aliphatic hydroxyl groups is 1. The van der Waals surface area contributed by atoms with Gasteiger partial charge in [-0.3, -0.25) is 4.98 Å². The van der Waals surface area contributed by atoms with Crippen molar-refractivity contribution in [3.05, 3.63) is 24.3 Å². The summed E-state index contributed by atoms with van der Waals surface area (Å²) in [5, 5.41) is 9.59. The molecule has 0 aromatic carbocycles. The fourth-order valence-corrected chi connectivity index (χ4v) is 1.75. The van der Waals surface area contributed by atoms with E-state index in [1.54, 1.807) is 0 Å². The molecule has 0 amide bonds. The van der Waals surface area contributed by atoms with Crippen LogP contribution in [0, 0.1) is 0 Å². The summed E-state index contributed by atoms with van der Waals surface area (Å²) in [6.45, 7) is 2.18. The van der Waals surface area contributed by atoms with Gasteiger partial charge in [0.15, 0.2) is 5.69 Å². The molecule has 0 aliphatic carbocycles. The lowest BCUT2D eigenvalue weighted by molar-refractivity contribution is -0.0698. The molecule has 1 atom stereocenters. The van der Waals surface area contributed by atoms with Crippen molar-refractivity contribution < 1.29 is 14.6 Å². The van der Waals surface area contributed by atoms with E-state index in [0.29, 0.717) is 6.42 Å². The summed E-state index contributed by atoms with van der Waals surface area (Å²) in [7, 11) is 0. The smallest absolute Gasteiger partial charge is 0.360 e. The summed E-state index contributed by atoms with van der Waals surface area (Å²) in [5.41, 5.74) is 0.115. The molecule has 1 N–H and O–H groups in total. The van der Waals surface area contributed by atoms with E-state index in [1.807, 2.05) is 0 Å². The van der Waals surface area contributed by atoms with Crippen molar-refractivity contribution in [3.63, 3.8) is 0 Å². The third-order valence-electron chi connectivity index (χ3n) is 2.82. The van der Waals surface area contributed by atoms with E-state index in [2.05, 4.69) is 16.9 Å². The van der Waals surface area contributed by atoms with Crippen LogP contribution in [-0.4, -0.2) is 27.3 Å². The lowest BCUT2D eigenvalue weighted by Gasteiger charge is -2.11. The first-order valence-electron chi connectivity index (χ1n) is 6.89. The van der Waals surface area contributed by atoms with Crippen LogP contribution >= 0.6 is 0 Å². The standard InChI is InChI=1S/C14H22N2O3/c1-2-3-4-5-6-7-8-13(17)19-14(18)12-11-15-9-10-16-12/h9-11,13,17H,2-8H2,1H3. The molecule has 5 nitrogen and oxygen atoms in total. The number of carbonyl (C=O) groups is 1. The van der Waals surface area contributed by atoms with Gasteiger partial charge in [0.1, 0.15) is 0 Å². The van der Waals surface area contributed by atoms with Crippen LogP contribution in [0.3, 0.4) is 0 Å². The van der Waals surface area contributed by atoms with Crippen molar-refractivity contribution >= 4 is 5.97 Å². The van der Waals surface area contributed by atoms with Crippen molar-refractivity contribution in [1.29, 1.82) is 0 Å². The molecule has 19 heavy (non-hydrogen) atoms. The zero-order valence-electron chi connectivity index (χ0n) is 11.4. The topological polar surface area (TPSA) is 72.3 Å². The third kappa shape index (κ3) is 6.86. The van der Waals surface area contributed by atoms with Crippen molar-refractivity contribution in [1.82, 2.24) is 9.97 Å². The Bertz CT molecular complexity index is 357. The average molecular weight is 266 g/mol. The van der Waals surface area contributed by atoms with E-state index in [4.69, 9.17) is 4.74 Å². The van der Waals surface area contributed by atoms with E-state index in [0.717, 1.165) is 12.8 Å². The highest BCUT2D eigenvalue weighted by molar-refractivity contribution is 5.86. The van der Waals surface area contributed by atoms with Gasteiger partial charge in [0.25, 0.3) is 0 Å². The van der Waals surface area contributed by atoms with Gasteiger partial charge < -0.3 is 9.84 Å². The molecular formula is C14H22N2O3. The molecule has 0 aliphatic rings. The number of unbranched alkanes of at least 4 members (excludes halogenated alkanes) is 5. The Morgan fingerprint density at radius 3 is 2.68 bits per heavy atom. The largest absolute Gasteiger partial charge is 0.431 e. The Morgan fingerprint density at radius 2 is 2.00 bits per heavy atom. The van der Waals surface area contributed by atoms with Gasteiger partial charge in [-0.1, -0.05) is 39.0 Å². The van der Waals surface area contributed by atoms with Crippen molar-refractivity contribution in [2.75, 3.05) is 0 Å². The predicted octanol–water partition coefficient (Wildman–Crippen LogP) is 2.70. The van der Waals surface area contributed by atoms with Crippen LogP contribution in [0.25, 0.3) is 0 Å². The number of nitrogens with zero attached hydrogens (tertiary/aromatic N) is 2. The van der Waals surface area contributed by atoms with Crippen LogP contribution in [0.2, 0.25) is 0 Å². The van der Waals surface area contributed by atoms with Crippen LogP contribution < -0.4 is 0 Å². The number of aliphatic hydroxyl groups excluding tert-OH is 1. The van der Waals surface area contributed by atoms with E-state index >= 15 is 0 Å². The lowest BCUT2D eigenvalue weighted by Crippen LogP contribution is -2.18. The predicted molar refractivity (Wildman–Crippen MR) is 71.4 cm³/mol. The Balaban J connectivity index is 2.14. The average Bonchev–Trinajstić information content (AvgIpc) is 2.43. The first kappa shape index (κ1) is 15.6. The highest BCUT2D eigenvalue weighted by atomic mass is 16.6. The number of hydrogen-bond acceptors (Lipinski definition) is 5. The third-order valence-corrected chi connectivity index (χ3v) is 2.82. The fraction of sp³-hybridized carbons (Fsp3) is 0.643. The molecule has 106 valence electrons. The highest BCUT2D eigenvalue weighted by Gasteiger charge is 2.14. The molecular weight excluding hydrogens is 244 g/mol. The number of ether oxygens (including phenoxy) is 1. The maximum atomic E-state index is 11.5. The van der Waals surface area contributed by atoms with Gasteiger partial charge in [-0.2, -0.15) is 0 Å². The van der Waals surface area contributed by atoms with Crippen LogP contribution in [0.1, 0.15) is 62.4 Å². The Morgan fingerprint density at radius 1 is 1.26 bits per heavy atom. The Labute approximate surface area is 114 Å². The molecule has 1 rings (SSSR count). The number of hydrogen-bond donors (Lipinski definition) is 1. The minimum Gasteiger partial charge on any atom is -0.431 e. The molecule has 0 spiro atoms. The second kappa shape index (κ2) is 9.44. The van der Waals surface area contributed by atoms with E-state index in [9.17, 15) is 9.90 Å². The van der Waals surface area contributed by atoms with Crippen LogP contribution in [0.4, 0.5) is 0 Å². The second-order valence-corrected chi connectivity index (χ2v) is 4.51. The molecule has 0 fully saturated rings. The first-order valence-corrected chi connectivity index (χ1v) is 6.89. The summed E-state index contributed by atoms with van der Waals surface area (Å²) in [6, 6.07) is 0. The van der Waals surface area contributed by atoms with Gasteiger partial charge in [-0.25, -0.2) is 9.78 Å². The molecule has 0 saturated heterocycles. The summed E-state index contributed by atoms with van der Waals surface area (Å²) >= 11 is 0. The Hall–Kier alpha value is -1.49. The highest BCUT2D eigenvalue weighted by Crippen LogP contribution is 2.10. The van der Waals surface area contributed by atoms with Gasteiger partial charge in [-0.05, 0) is 6.42 Å². The summed E-state index contributed by atoms with van der Waals surface area (Å²) in [5.74, 6) is -0.633. The maximum Gasteiger partial charge on any atom is 0.360 e. The number of esters is 1. The molecule has 0 bridgehead atoms. The van der Waals surface area contributed by atoms with Crippen LogP contribution in [0.15, 0.2) is 18.6 Å². The quantitative estimate of drug-likeness (QED) is 0.422. The maximum absolute atomic E-state index is 11.5. The van der Waals surface area contributed by atoms with Crippen LogP contribution in [-0.2, 0) is 4.74 Å². The molecule has 0 radical (unpaired) electrons. The number of aromatic nitrogens is 2. The molecule has 1 heterocycles. The molecule has 1 unspecified atom stereocenters. The van der Waals surface area contributed by atoms with E-state index in [-0.39, 0.29) is 5.69 Å². The molecule has 0 aliphatic heterocycles. The van der Waals surface area contributed by atoms with E-state index in [1.165, 1.54) is 44.3 Å². The molecule has 0 saturated carbocycles. The monoisotopic (exact) mass is 266 g/mol. The zero-order valence-corrected chi connectivity index (χ0v) is 11.4. The van der Waals surface area contributed by atoms with Crippen LogP contribution in [0.5, 0.6) is 0 Å². The van der Waals surface area contributed by atoms with Gasteiger partial charge in [0.2, 0.25) is 6.29 Å². The first-order chi connectivity index (χ1) is 9.24. The number of carbonyl (C=O) groups excluding carboxylic acids is 1. The van der Waals surface area contributed by atoms with Crippen molar-refractivity contribution in [3.8, 4) is 0 Å². The zero-order chi connectivity index (χ0) is 13.9. The summed E-state index contributed by atoms with van der Waals surface area (Å²) in [6.07, 6.45) is 10.4. The number of rotatable bonds is 9. The SMILES string of the molecule is CCCCCCCCC(O)OC(=O)c1cnccn1. The van der Waals surface area contributed by atoms with Crippen molar-refractivity contribution in [2.24, 2.45) is 0 Å². The van der Waals surface area contributed by atoms with Gasteiger partial charge in [0, 0.05) is 18.8 Å². The molecule has 5 heteroatoms. The summed E-state index contributed by atoms with van der Waals surface area (Å²) < 4.78 is 4.88. The molecule has 1 aromatic rings. The normalized spacial score (nSPS) is 12.1. The van der Waals surface area contributed by atoms with Gasteiger partial charge in [0.05, 0.1) is 6.20 Å². The minimum atomic E-state index is -1.05. The lowest BCUT2D eigenvalue weighted by atomic mass is 10.1. The fourth-order valence-electron chi connectivity index (χ4n) is 1.75. The minimum absolute atomic E-state index is 0.115. The van der Waals surface area contributed by atoms with E-state index < -0.39 is 12.3 Å². The van der Waals surface area contributed by atoms with Gasteiger partial charge in [-0.15, -0.1) is 0 Å². The molecule has 1 aromatic heterocycles. The summed E-state index contributed by atoms with van der Waals surface area (Å²) in [4.78, 5) is 19.1. The van der Waals surface area contributed by atoms with Gasteiger partial charge >= 0.3 is 5.97 Å². The van der Waals surface area contributed by atoms with Crippen molar-refractivity contribution in [2.45, 2.75) is 58.2 Å². The Kier molecular flexibility index (Phi) is 7.74. The second-order valence-electron chi connectivity index (χ2n) is 4.51.